The first kappa shape index (κ1) is 12.3. The van der Waals surface area contributed by atoms with Gasteiger partial charge in [0.25, 0.3) is 0 Å². The molecule has 1 saturated carbocycles. The Balaban J connectivity index is 1.58. The van der Waals surface area contributed by atoms with Gasteiger partial charge >= 0.3 is 6.09 Å². The quantitative estimate of drug-likeness (QED) is 0.818. The molecule has 0 bridgehead atoms. The van der Waals surface area contributed by atoms with Gasteiger partial charge in [-0.25, -0.2) is 4.79 Å². The number of hydrogen-bond acceptors (Lipinski definition) is 3. The van der Waals surface area contributed by atoms with Crippen molar-refractivity contribution in [3.63, 3.8) is 0 Å². The highest BCUT2D eigenvalue weighted by molar-refractivity contribution is 5.70. The predicted molar refractivity (Wildman–Crippen MR) is 69.5 cm³/mol. The molecule has 4 nitrogen and oxygen atoms in total. The van der Waals surface area contributed by atoms with Crippen LogP contribution in [-0.2, 0) is 4.74 Å². The molecule has 0 aromatic carbocycles. The number of ether oxygens (including phenoxy) is 1. The van der Waals surface area contributed by atoms with E-state index in [2.05, 4.69) is 5.32 Å². The molecular weight excluding hydrogens is 228 g/mol. The Kier molecular flexibility index (Phi) is 3.46. The molecule has 0 atom stereocenters. The van der Waals surface area contributed by atoms with E-state index in [1.54, 1.807) is 0 Å². The molecule has 0 aromatic rings. The summed E-state index contributed by atoms with van der Waals surface area (Å²) in [5.74, 6) is 0.711. The van der Waals surface area contributed by atoms with Crippen LogP contribution in [-0.4, -0.2) is 42.8 Å². The van der Waals surface area contributed by atoms with E-state index >= 15 is 0 Å². The molecule has 0 aromatic heterocycles. The Hall–Kier alpha value is -0.770. The highest BCUT2D eigenvalue weighted by atomic mass is 16.6. The van der Waals surface area contributed by atoms with E-state index in [9.17, 15) is 4.79 Å². The molecule has 2 aliphatic heterocycles. The van der Waals surface area contributed by atoms with Gasteiger partial charge in [-0.1, -0.05) is 19.3 Å². The van der Waals surface area contributed by atoms with E-state index in [0.29, 0.717) is 5.92 Å². The Bertz CT molecular complexity index is 307. The molecule has 1 aliphatic carbocycles. The Morgan fingerprint density at radius 3 is 2.67 bits per heavy atom. The van der Waals surface area contributed by atoms with Crippen LogP contribution in [0.4, 0.5) is 4.79 Å². The first-order valence-electron chi connectivity index (χ1n) is 7.46. The summed E-state index contributed by atoms with van der Waals surface area (Å²) in [6.07, 6.45) is 8.50. The second kappa shape index (κ2) is 5.08. The van der Waals surface area contributed by atoms with Crippen LogP contribution in [0.3, 0.4) is 0 Å². The molecule has 3 fully saturated rings. The lowest BCUT2D eigenvalue weighted by Crippen LogP contribution is -2.45. The summed E-state index contributed by atoms with van der Waals surface area (Å²) in [5.41, 5.74) is -0.170. The summed E-state index contributed by atoms with van der Waals surface area (Å²) in [7, 11) is 0. The van der Waals surface area contributed by atoms with E-state index in [-0.39, 0.29) is 11.7 Å². The monoisotopic (exact) mass is 252 g/mol. The minimum atomic E-state index is -0.170. The van der Waals surface area contributed by atoms with Gasteiger partial charge in [0.1, 0.15) is 5.60 Å². The molecule has 1 amide bonds. The van der Waals surface area contributed by atoms with Gasteiger partial charge in [-0.05, 0) is 31.8 Å². The van der Waals surface area contributed by atoms with Crippen LogP contribution >= 0.6 is 0 Å². The molecule has 18 heavy (non-hydrogen) atoms. The first-order valence-corrected chi connectivity index (χ1v) is 7.46. The van der Waals surface area contributed by atoms with Gasteiger partial charge in [-0.2, -0.15) is 0 Å². The smallest absolute Gasteiger partial charge is 0.410 e. The van der Waals surface area contributed by atoms with Gasteiger partial charge in [-0.3, -0.25) is 0 Å². The van der Waals surface area contributed by atoms with Crippen LogP contribution in [0.2, 0.25) is 0 Å². The lowest BCUT2D eigenvalue weighted by atomic mass is 9.88. The topological polar surface area (TPSA) is 41.6 Å². The number of carbonyl (C=O) groups is 1. The minimum Gasteiger partial charge on any atom is -0.441 e. The van der Waals surface area contributed by atoms with Crippen molar-refractivity contribution in [1.29, 1.82) is 0 Å². The van der Waals surface area contributed by atoms with E-state index in [1.807, 2.05) is 4.90 Å². The van der Waals surface area contributed by atoms with E-state index < -0.39 is 0 Å². The third-order valence-corrected chi connectivity index (χ3v) is 4.76. The standard InChI is InChI=1S/C14H24N2O2/c17-13-16(10-12-4-2-1-3-5-12)11-14(18-13)6-8-15-9-7-14/h12,15H,1-11H2. The number of nitrogens with zero attached hydrogens (tertiary/aromatic N) is 1. The number of carbonyl (C=O) groups excluding carboxylic acids is 1. The maximum Gasteiger partial charge on any atom is 0.410 e. The van der Waals surface area contributed by atoms with Gasteiger partial charge in [0.15, 0.2) is 0 Å². The average molecular weight is 252 g/mol. The Morgan fingerprint density at radius 2 is 1.94 bits per heavy atom. The average Bonchev–Trinajstić information content (AvgIpc) is 2.68. The van der Waals surface area contributed by atoms with Crippen molar-refractivity contribution in [1.82, 2.24) is 10.2 Å². The lowest BCUT2D eigenvalue weighted by Gasteiger charge is -2.31. The molecule has 3 aliphatic rings. The Morgan fingerprint density at radius 1 is 1.22 bits per heavy atom. The minimum absolute atomic E-state index is 0.0672. The third-order valence-electron chi connectivity index (χ3n) is 4.76. The van der Waals surface area contributed by atoms with Gasteiger partial charge in [0.05, 0.1) is 6.54 Å². The molecule has 0 unspecified atom stereocenters. The van der Waals surface area contributed by atoms with Gasteiger partial charge in [-0.15, -0.1) is 0 Å². The Labute approximate surface area is 109 Å². The van der Waals surface area contributed by atoms with Crippen molar-refractivity contribution < 1.29 is 9.53 Å². The zero-order valence-corrected chi connectivity index (χ0v) is 11.1. The van der Waals surface area contributed by atoms with Gasteiger partial charge < -0.3 is 15.0 Å². The van der Waals surface area contributed by atoms with Crippen LogP contribution in [0.5, 0.6) is 0 Å². The molecule has 0 radical (unpaired) electrons. The van der Waals surface area contributed by atoms with Crippen LogP contribution in [0, 0.1) is 5.92 Å². The summed E-state index contributed by atoms with van der Waals surface area (Å²) in [6, 6.07) is 0. The fraction of sp³-hybridized carbons (Fsp3) is 0.929. The molecule has 2 heterocycles. The van der Waals surface area contributed by atoms with Crippen molar-refractivity contribution >= 4 is 6.09 Å². The molecular formula is C14H24N2O2. The zero-order chi connectivity index (χ0) is 12.4. The molecule has 3 rings (SSSR count). The summed E-state index contributed by atoms with van der Waals surface area (Å²) < 4.78 is 5.69. The highest BCUT2D eigenvalue weighted by Gasteiger charge is 2.45. The third kappa shape index (κ3) is 2.48. The van der Waals surface area contributed by atoms with Crippen molar-refractivity contribution in [2.24, 2.45) is 5.92 Å². The fourth-order valence-corrected chi connectivity index (χ4v) is 3.66. The van der Waals surface area contributed by atoms with E-state index in [0.717, 1.165) is 39.0 Å². The van der Waals surface area contributed by atoms with Crippen LogP contribution in [0.15, 0.2) is 0 Å². The molecule has 102 valence electrons. The number of hydrogen-bond donors (Lipinski definition) is 1. The first-order chi connectivity index (χ1) is 8.77. The number of rotatable bonds is 2. The van der Waals surface area contributed by atoms with E-state index in [1.165, 1.54) is 32.1 Å². The number of nitrogens with one attached hydrogen (secondary N) is 1. The summed E-state index contributed by atoms with van der Waals surface area (Å²) in [5, 5.41) is 3.34. The largest absolute Gasteiger partial charge is 0.441 e. The van der Waals surface area contributed by atoms with Crippen LogP contribution < -0.4 is 5.32 Å². The second-order valence-corrected chi connectivity index (χ2v) is 6.19. The van der Waals surface area contributed by atoms with Crippen molar-refractivity contribution in [3.8, 4) is 0 Å². The van der Waals surface area contributed by atoms with Crippen LogP contribution in [0.1, 0.15) is 44.9 Å². The summed E-state index contributed by atoms with van der Waals surface area (Å²) in [4.78, 5) is 14.0. The number of piperidine rings is 1. The molecule has 4 heteroatoms. The summed E-state index contributed by atoms with van der Waals surface area (Å²) in [6.45, 7) is 3.70. The fourth-order valence-electron chi connectivity index (χ4n) is 3.66. The lowest BCUT2D eigenvalue weighted by molar-refractivity contribution is 0.0316. The maximum absolute atomic E-state index is 12.0. The zero-order valence-electron chi connectivity index (χ0n) is 11.1. The van der Waals surface area contributed by atoms with Crippen molar-refractivity contribution in [2.75, 3.05) is 26.2 Å². The van der Waals surface area contributed by atoms with Crippen LogP contribution in [0.25, 0.3) is 0 Å². The van der Waals surface area contributed by atoms with Gasteiger partial charge in [0, 0.05) is 19.4 Å². The molecule has 1 spiro atoms. The summed E-state index contributed by atoms with van der Waals surface area (Å²) >= 11 is 0. The normalized spacial score (nSPS) is 28.7. The maximum atomic E-state index is 12.0. The molecule has 2 saturated heterocycles. The number of amides is 1. The SMILES string of the molecule is O=C1OC2(CCNCC2)CN1CC1CCCCC1. The molecule has 1 N–H and O–H groups in total. The van der Waals surface area contributed by atoms with E-state index in [4.69, 9.17) is 4.74 Å². The predicted octanol–water partition coefficient (Wildman–Crippen LogP) is 2.14. The van der Waals surface area contributed by atoms with Crippen molar-refractivity contribution in [2.45, 2.75) is 50.5 Å². The van der Waals surface area contributed by atoms with Gasteiger partial charge in [0.2, 0.25) is 0 Å². The second-order valence-electron chi connectivity index (χ2n) is 6.19. The van der Waals surface area contributed by atoms with Crippen molar-refractivity contribution in [3.05, 3.63) is 0 Å². The highest BCUT2D eigenvalue weighted by Crippen LogP contribution is 2.33.